The number of halogens is 1. The highest BCUT2D eigenvalue weighted by Crippen LogP contribution is 2.20. The van der Waals surface area contributed by atoms with Crippen molar-refractivity contribution in [2.24, 2.45) is 0 Å². The zero-order chi connectivity index (χ0) is 10.6. The van der Waals surface area contributed by atoms with E-state index < -0.39 is 0 Å². The molecule has 0 aliphatic heterocycles. The molecule has 14 heavy (non-hydrogen) atoms. The Kier molecular flexibility index (Phi) is 3.87. The van der Waals surface area contributed by atoms with Gasteiger partial charge in [0, 0.05) is 5.56 Å². The molecule has 1 rings (SSSR count). The van der Waals surface area contributed by atoms with Crippen LogP contribution in [0.1, 0.15) is 37.8 Å². The quantitative estimate of drug-likeness (QED) is 0.670. The Balaban J connectivity index is 2.95. The summed E-state index contributed by atoms with van der Waals surface area (Å²) in [7, 11) is 0. The van der Waals surface area contributed by atoms with Crippen LogP contribution in [0.2, 0.25) is 0 Å². The van der Waals surface area contributed by atoms with Crippen LogP contribution in [0.4, 0.5) is 4.39 Å². The molecule has 0 radical (unpaired) electrons. The Morgan fingerprint density at radius 2 is 2.07 bits per heavy atom. The molecule has 1 aromatic carbocycles. The standard InChI is InChI=1S/C13H17F/c1-4-6-11-7-8-12(10(3)5-2)13(14)9-11/h7-9H,3-6H2,1-2H3. The maximum absolute atomic E-state index is 13.6. The SMILES string of the molecule is C=C(CC)c1ccc(CCC)cc1F. The third-order valence-corrected chi connectivity index (χ3v) is 2.38. The number of hydrogen-bond acceptors (Lipinski definition) is 0. The zero-order valence-corrected chi connectivity index (χ0v) is 8.94. The highest BCUT2D eigenvalue weighted by atomic mass is 19.1. The molecular formula is C13H17F. The summed E-state index contributed by atoms with van der Waals surface area (Å²) in [6.45, 7) is 7.92. The van der Waals surface area contributed by atoms with E-state index >= 15 is 0 Å². The molecule has 0 unspecified atom stereocenters. The Bertz CT molecular complexity index is 326. The highest BCUT2D eigenvalue weighted by Gasteiger charge is 2.04. The van der Waals surface area contributed by atoms with Crippen LogP contribution in [0.15, 0.2) is 24.8 Å². The molecule has 0 spiro atoms. The molecule has 0 aromatic heterocycles. The number of aryl methyl sites for hydroxylation is 1. The molecule has 76 valence electrons. The Labute approximate surface area is 85.5 Å². The second kappa shape index (κ2) is 4.94. The van der Waals surface area contributed by atoms with Crippen molar-refractivity contribution in [3.63, 3.8) is 0 Å². The molecule has 0 saturated carbocycles. The van der Waals surface area contributed by atoms with Gasteiger partial charge in [0.25, 0.3) is 0 Å². The van der Waals surface area contributed by atoms with E-state index in [1.54, 1.807) is 6.07 Å². The van der Waals surface area contributed by atoms with Gasteiger partial charge in [0.2, 0.25) is 0 Å². The molecule has 0 saturated heterocycles. The highest BCUT2D eigenvalue weighted by molar-refractivity contribution is 5.63. The number of allylic oxidation sites excluding steroid dienone is 1. The first kappa shape index (κ1) is 11.0. The van der Waals surface area contributed by atoms with Gasteiger partial charge in [-0.2, -0.15) is 0 Å². The van der Waals surface area contributed by atoms with Gasteiger partial charge >= 0.3 is 0 Å². The summed E-state index contributed by atoms with van der Waals surface area (Å²) < 4.78 is 13.6. The van der Waals surface area contributed by atoms with Crippen molar-refractivity contribution in [2.45, 2.75) is 33.1 Å². The minimum atomic E-state index is -0.136. The molecule has 0 nitrogen and oxygen atoms in total. The van der Waals surface area contributed by atoms with Crippen LogP contribution < -0.4 is 0 Å². The number of benzene rings is 1. The van der Waals surface area contributed by atoms with Crippen LogP contribution in [0.25, 0.3) is 5.57 Å². The van der Waals surface area contributed by atoms with Crippen molar-refractivity contribution in [3.05, 3.63) is 41.7 Å². The summed E-state index contributed by atoms with van der Waals surface area (Å²) in [4.78, 5) is 0. The predicted octanol–water partition coefficient (Wildman–Crippen LogP) is 4.20. The molecule has 0 N–H and O–H groups in total. The molecule has 0 heterocycles. The van der Waals surface area contributed by atoms with Crippen molar-refractivity contribution in [2.75, 3.05) is 0 Å². The Morgan fingerprint density at radius 3 is 2.57 bits per heavy atom. The zero-order valence-electron chi connectivity index (χ0n) is 8.94. The lowest BCUT2D eigenvalue weighted by Gasteiger charge is -2.06. The van der Waals surface area contributed by atoms with E-state index in [2.05, 4.69) is 13.5 Å². The van der Waals surface area contributed by atoms with Gasteiger partial charge in [-0.1, -0.05) is 39.0 Å². The van der Waals surface area contributed by atoms with Gasteiger partial charge in [-0.05, 0) is 30.0 Å². The van der Waals surface area contributed by atoms with Gasteiger partial charge in [-0.3, -0.25) is 0 Å². The fourth-order valence-corrected chi connectivity index (χ4v) is 1.48. The average Bonchev–Trinajstić information content (AvgIpc) is 2.17. The predicted molar refractivity (Wildman–Crippen MR) is 59.7 cm³/mol. The first-order valence-corrected chi connectivity index (χ1v) is 5.15. The average molecular weight is 192 g/mol. The van der Waals surface area contributed by atoms with Crippen LogP contribution >= 0.6 is 0 Å². The molecule has 0 fully saturated rings. The normalized spacial score (nSPS) is 10.2. The minimum Gasteiger partial charge on any atom is -0.206 e. The summed E-state index contributed by atoms with van der Waals surface area (Å²) >= 11 is 0. The summed E-state index contributed by atoms with van der Waals surface area (Å²) in [5.74, 6) is -0.136. The third kappa shape index (κ3) is 2.44. The number of hydrogen-bond donors (Lipinski definition) is 0. The van der Waals surface area contributed by atoms with Gasteiger partial charge in [0.05, 0.1) is 0 Å². The smallest absolute Gasteiger partial charge is 0.130 e. The van der Waals surface area contributed by atoms with Crippen LogP contribution in [-0.4, -0.2) is 0 Å². The van der Waals surface area contributed by atoms with Gasteiger partial charge in [-0.15, -0.1) is 0 Å². The minimum absolute atomic E-state index is 0.136. The molecule has 0 atom stereocenters. The van der Waals surface area contributed by atoms with Crippen molar-refractivity contribution >= 4 is 5.57 Å². The fourth-order valence-electron chi connectivity index (χ4n) is 1.48. The van der Waals surface area contributed by atoms with E-state index in [1.807, 2.05) is 19.1 Å². The first-order valence-electron chi connectivity index (χ1n) is 5.15. The van der Waals surface area contributed by atoms with E-state index in [0.29, 0.717) is 5.56 Å². The Morgan fingerprint density at radius 1 is 1.36 bits per heavy atom. The number of rotatable bonds is 4. The van der Waals surface area contributed by atoms with E-state index in [9.17, 15) is 4.39 Å². The summed E-state index contributed by atoms with van der Waals surface area (Å²) in [5.41, 5.74) is 2.59. The molecule has 1 heteroatoms. The summed E-state index contributed by atoms with van der Waals surface area (Å²) in [6, 6.07) is 5.45. The van der Waals surface area contributed by atoms with Gasteiger partial charge in [-0.25, -0.2) is 4.39 Å². The van der Waals surface area contributed by atoms with Gasteiger partial charge in [0.15, 0.2) is 0 Å². The topological polar surface area (TPSA) is 0 Å². The van der Waals surface area contributed by atoms with Crippen molar-refractivity contribution < 1.29 is 4.39 Å². The van der Waals surface area contributed by atoms with E-state index in [4.69, 9.17) is 0 Å². The summed E-state index contributed by atoms with van der Waals surface area (Å²) in [5, 5.41) is 0. The molecule has 0 aliphatic rings. The molecular weight excluding hydrogens is 175 g/mol. The van der Waals surface area contributed by atoms with Crippen molar-refractivity contribution in [1.82, 2.24) is 0 Å². The second-order valence-electron chi connectivity index (χ2n) is 3.52. The van der Waals surface area contributed by atoms with E-state index in [1.165, 1.54) is 0 Å². The maximum Gasteiger partial charge on any atom is 0.130 e. The Hall–Kier alpha value is -1.11. The maximum atomic E-state index is 13.6. The third-order valence-electron chi connectivity index (χ3n) is 2.38. The van der Waals surface area contributed by atoms with Crippen molar-refractivity contribution in [1.29, 1.82) is 0 Å². The van der Waals surface area contributed by atoms with Crippen LogP contribution in [0, 0.1) is 5.82 Å². The van der Waals surface area contributed by atoms with Crippen LogP contribution in [0.3, 0.4) is 0 Å². The van der Waals surface area contributed by atoms with Crippen molar-refractivity contribution in [3.8, 4) is 0 Å². The van der Waals surface area contributed by atoms with Gasteiger partial charge in [0.1, 0.15) is 5.82 Å². The van der Waals surface area contributed by atoms with Gasteiger partial charge < -0.3 is 0 Å². The lowest BCUT2D eigenvalue weighted by molar-refractivity contribution is 0.620. The molecule has 0 amide bonds. The van der Waals surface area contributed by atoms with E-state index in [0.717, 1.165) is 30.4 Å². The summed E-state index contributed by atoms with van der Waals surface area (Å²) in [6.07, 6.45) is 2.79. The lowest BCUT2D eigenvalue weighted by atomic mass is 10.0. The molecule has 0 aliphatic carbocycles. The van der Waals surface area contributed by atoms with Crippen LogP contribution in [0.5, 0.6) is 0 Å². The second-order valence-corrected chi connectivity index (χ2v) is 3.52. The first-order chi connectivity index (χ1) is 6.69. The largest absolute Gasteiger partial charge is 0.206 e. The monoisotopic (exact) mass is 192 g/mol. The van der Waals surface area contributed by atoms with E-state index in [-0.39, 0.29) is 5.82 Å². The lowest BCUT2D eigenvalue weighted by Crippen LogP contribution is -1.91. The van der Waals surface area contributed by atoms with Crippen LogP contribution in [-0.2, 0) is 6.42 Å². The molecule has 1 aromatic rings. The molecule has 0 bridgehead atoms. The fraction of sp³-hybridized carbons (Fsp3) is 0.385.